The van der Waals surface area contributed by atoms with Crippen molar-refractivity contribution in [1.82, 2.24) is 0 Å². The van der Waals surface area contributed by atoms with Crippen LogP contribution in [0.1, 0.15) is 66.4 Å². The number of para-hydroxylation sites is 1. The van der Waals surface area contributed by atoms with Gasteiger partial charge in [0.2, 0.25) is 0 Å². The Balaban J connectivity index is 1.70. The summed E-state index contributed by atoms with van der Waals surface area (Å²) >= 11 is 43.8. The van der Waals surface area contributed by atoms with Gasteiger partial charge in [0, 0.05) is 11.3 Å². The van der Waals surface area contributed by atoms with Crippen LogP contribution in [0.5, 0.6) is 0 Å². The van der Waals surface area contributed by atoms with E-state index in [0.717, 1.165) is 4.90 Å². The molecule has 42 heavy (non-hydrogen) atoms. The first-order valence-electron chi connectivity index (χ1n) is 12.0. The van der Waals surface area contributed by atoms with Gasteiger partial charge in [0.25, 0.3) is 11.8 Å². The molecule has 0 spiro atoms. The summed E-state index contributed by atoms with van der Waals surface area (Å²) in [7, 11) is 0. The predicted molar refractivity (Wildman–Crippen MR) is 170 cm³/mol. The van der Waals surface area contributed by atoms with E-state index in [1.54, 1.807) is 26.0 Å². The van der Waals surface area contributed by atoms with Crippen LogP contribution in [0.15, 0.2) is 29.8 Å². The van der Waals surface area contributed by atoms with Crippen LogP contribution in [-0.4, -0.2) is 29.1 Å². The summed E-state index contributed by atoms with van der Waals surface area (Å²) in [5.74, 6) is -4.24. The van der Waals surface area contributed by atoms with Gasteiger partial charge >= 0.3 is 0 Å². The minimum absolute atomic E-state index is 0.00131. The Labute approximate surface area is 274 Å². The van der Waals surface area contributed by atoms with Gasteiger partial charge in [0.1, 0.15) is 5.92 Å². The molecule has 2 amide bonds. The average Bonchev–Trinajstić information content (AvgIpc) is 3.36. The molecule has 0 fully saturated rings. The molecule has 6 nitrogen and oxygen atoms in total. The molecule has 1 aliphatic heterocycles. The number of hydrogen-bond donors (Lipinski definition) is 0. The molecule has 0 N–H and O–H groups in total. The Morgan fingerprint density at radius 2 is 1.19 bits per heavy atom. The average molecular weight is 704 g/mol. The molecule has 0 bridgehead atoms. The smallest absolute Gasteiger partial charge is 0.267 e. The van der Waals surface area contributed by atoms with E-state index in [-0.39, 0.29) is 80.1 Å². The molecule has 1 aliphatic carbocycles. The summed E-state index contributed by atoms with van der Waals surface area (Å²) in [6.45, 7) is 8.69. The predicted octanol–water partition coefficient (Wildman–Crippen LogP) is 10.2. The van der Waals surface area contributed by atoms with Crippen LogP contribution in [0.4, 0.5) is 11.4 Å². The number of fused-ring (bicyclic) bond motifs is 2. The molecule has 2 aliphatic rings. The second kappa shape index (κ2) is 10.9. The van der Waals surface area contributed by atoms with Crippen LogP contribution in [0.3, 0.4) is 0 Å². The van der Waals surface area contributed by atoms with Crippen molar-refractivity contribution in [3.63, 3.8) is 0 Å². The molecule has 5 rings (SSSR count). The summed E-state index contributed by atoms with van der Waals surface area (Å²) in [6.07, 6.45) is 0. The molecule has 0 radical (unpaired) electrons. The van der Waals surface area contributed by atoms with Gasteiger partial charge in [-0.15, -0.1) is 0 Å². The number of rotatable bonds is 4. The first-order chi connectivity index (χ1) is 19.6. The van der Waals surface area contributed by atoms with Crippen molar-refractivity contribution >= 4 is 127 Å². The van der Waals surface area contributed by atoms with Gasteiger partial charge in [-0.25, -0.2) is 4.90 Å². The van der Waals surface area contributed by atoms with Crippen molar-refractivity contribution in [2.45, 2.75) is 20.8 Å². The molecular formula is C29H15Cl7N2O4. The van der Waals surface area contributed by atoms with Crippen molar-refractivity contribution in [2.75, 3.05) is 4.90 Å². The molecule has 214 valence electrons. The Hall–Kier alpha value is -2.42. The molecule has 13 heteroatoms. The number of amides is 2. The molecule has 1 heterocycles. The molecule has 0 saturated carbocycles. The number of carbonyl (C=O) groups is 4. The van der Waals surface area contributed by atoms with Crippen molar-refractivity contribution < 1.29 is 19.2 Å². The lowest BCUT2D eigenvalue weighted by atomic mass is 9.98. The largest absolute Gasteiger partial charge is 0.293 e. The van der Waals surface area contributed by atoms with Crippen molar-refractivity contribution in [3.8, 4) is 0 Å². The topological polar surface area (TPSA) is 83.9 Å². The van der Waals surface area contributed by atoms with Crippen molar-refractivity contribution in [2.24, 2.45) is 10.9 Å². The number of benzene rings is 3. The van der Waals surface area contributed by atoms with E-state index in [0.29, 0.717) is 11.1 Å². The summed E-state index contributed by atoms with van der Waals surface area (Å²) in [4.78, 5) is 60.0. The fourth-order valence-corrected chi connectivity index (χ4v) is 6.86. The number of allylic oxidation sites excluding steroid dienone is 1. The molecular weight excluding hydrogens is 688 g/mol. The molecule has 0 saturated heterocycles. The van der Waals surface area contributed by atoms with E-state index < -0.39 is 29.3 Å². The van der Waals surface area contributed by atoms with Gasteiger partial charge in [-0.1, -0.05) is 99.9 Å². The normalized spacial score (nSPS) is 15.2. The highest BCUT2D eigenvalue weighted by Gasteiger charge is 2.46. The van der Waals surface area contributed by atoms with Crippen molar-refractivity contribution in [3.05, 3.63) is 93.3 Å². The third kappa shape index (κ3) is 4.34. The van der Waals surface area contributed by atoms with Crippen LogP contribution in [0.2, 0.25) is 35.2 Å². The molecule has 0 aromatic heterocycles. The maximum absolute atomic E-state index is 13.7. The van der Waals surface area contributed by atoms with E-state index in [4.69, 9.17) is 81.2 Å². The lowest BCUT2D eigenvalue weighted by Crippen LogP contribution is -2.30. The fraction of sp³-hybridized carbons (Fsp3) is 0.138. The number of hydrogen-bond acceptors (Lipinski definition) is 5. The Kier molecular flexibility index (Phi) is 8.08. The highest BCUT2D eigenvalue weighted by atomic mass is 35.5. The van der Waals surface area contributed by atoms with Gasteiger partial charge in [-0.2, -0.15) is 0 Å². The maximum atomic E-state index is 13.7. The number of carbonyl (C=O) groups excluding carboxylic acids is 4. The van der Waals surface area contributed by atoms with Crippen LogP contribution < -0.4 is 4.90 Å². The first kappa shape index (κ1) is 31.0. The summed E-state index contributed by atoms with van der Waals surface area (Å²) in [5, 5.41) is -0.893. The number of anilines is 1. The zero-order chi connectivity index (χ0) is 31.1. The number of imide groups is 1. The lowest BCUT2D eigenvalue weighted by Gasteiger charge is -2.20. The first-order valence-corrected chi connectivity index (χ1v) is 14.6. The van der Waals surface area contributed by atoms with E-state index in [1.165, 1.54) is 13.0 Å². The van der Waals surface area contributed by atoms with Gasteiger partial charge in [-0.3, -0.25) is 24.2 Å². The number of halogens is 7. The van der Waals surface area contributed by atoms with Crippen LogP contribution >= 0.6 is 81.2 Å². The second-order valence-electron chi connectivity index (χ2n) is 9.64. The second-order valence-corrected chi connectivity index (χ2v) is 12.3. The Bertz CT molecular complexity index is 1800. The number of Topliss-reactive ketones (excluding diaryl/α,β-unsaturated/α-hetero) is 2. The molecule has 3 aromatic carbocycles. The van der Waals surface area contributed by atoms with E-state index in [9.17, 15) is 19.2 Å². The maximum Gasteiger partial charge on any atom is 0.267 e. The summed E-state index contributed by atoms with van der Waals surface area (Å²) < 4.78 is 0. The fourth-order valence-electron chi connectivity index (χ4n) is 5.08. The van der Waals surface area contributed by atoms with E-state index >= 15 is 0 Å². The van der Waals surface area contributed by atoms with E-state index in [1.807, 2.05) is 0 Å². The molecule has 0 atom stereocenters. The van der Waals surface area contributed by atoms with Gasteiger partial charge in [-0.05, 0) is 38.0 Å². The third-order valence-electron chi connectivity index (χ3n) is 7.10. The third-order valence-corrected chi connectivity index (χ3v) is 10.3. The number of nitrogens with zero attached hydrogens (tertiary/aromatic N) is 2. The minimum atomic E-state index is -1.42. The highest BCUT2D eigenvalue weighted by molar-refractivity contribution is 6.56. The Morgan fingerprint density at radius 1 is 0.714 bits per heavy atom. The number of aliphatic imine (C=N–C) groups is 1. The summed E-state index contributed by atoms with van der Waals surface area (Å²) in [5.41, 5.74) is 1.03. The monoisotopic (exact) mass is 700 g/mol. The Morgan fingerprint density at radius 3 is 1.71 bits per heavy atom. The van der Waals surface area contributed by atoms with Gasteiger partial charge in [0.15, 0.2) is 11.6 Å². The quantitative estimate of drug-likeness (QED) is 0.0890. The van der Waals surface area contributed by atoms with Crippen LogP contribution in [0, 0.1) is 12.8 Å². The summed E-state index contributed by atoms with van der Waals surface area (Å²) in [6, 6.07) is 4.77. The minimum Gasteiger partial charge on any atom is -0.293 e. The van der Waals surface area contributed by atoms with Crippen LogP contribution in [0.25, 0.3) is 5.57 Å². The zero-order valence-electron chi connectivity index (χ0n) is 21.7. The zero-order valence-corrected chi connectivity index (χ0v) is 27.0. The van der Waals surface area contributed by atoms with Crippen molar-refractivity contribution in [1.29, 1.82) is 0 Å². The van der Waals surface area contributed by atoms with Crippen LogP contribution in [-0.2, 0) is 0 Å². The highest BCUT2D eigenvalue weighted by Crippen LogP contribution is 2.48. The van der Waals surface area contributed by atoms with Gasteiger partial charge < -0.3 is 0 Å². The molecule has 3 aromatic rings. The lowest BCUT2D eigenvalue weighted by molar-refractivity contribution is 0.0877. The molecule has 0 unspecified atom stereocenters. The SMILES string of the molecule is C=C(C)c1cccc(N2C(=O)c3c(C)c(Cl)c(Cl)c(Cl)c3C2=O)c1/N=C(\C)C1C(=O)c2c(Cl)c(Cl)c(Cl)c(Cl)c2C1=O. The standard InChI is InChI=1S/C29H15Cl7N2O4/c1-8(2)11-6-5-7-12(38-28(41)13-9(3)18(30)22(34)21(33)17(13)29(38)42)25(11)37-10(4)14-26(39)15-16(27(14)40)20(32)24(36)23(35)19(15)31/h5-7,14H,1H2,2-4H3/b37-10+. The number of ketones is 2. The van der Waals surface area contributed by atoms with Gasteiger partial charge in [0.05, 0.1) is 68.8 Å². The van der Waals surface area contributed by atoms with E-state index in [2.05, 4.69) is 11.6 Å².